The first-order valence-corrected chi connectivity index (χ1v) is 6.46. The van der Waals surface area contributed by atoms with Gasteiger partial charge in [-0.1, -0.05) is 13.8 Å². The molecule has 0 aliphatic heterocycles. The molecule has 1 aromatic heterocycles. The third kappa shape index (κ3) is 2.75. The molecule has 0 atom stereocenters. The van der Waals surface area contributed by atoms with Crippen LogP contribution in [0.3, 0.4) is 0 Å². The fraction of sp³-hybridized carbons (Fsp3) is 0.692. The molecule has 94 valence electrons. The minimum absolute atomic E-state index is 0.0408. The first kappa shape index (κ1) is 12.3. The number of nitrogens with one attached hydrogen (secondary N) is 1. The van der Waals surface area contributed by atoms with Crippen LogP contribution in [-0.2, 0) is 6.42 Å². The van der Waals surface area contributed by atoms with Gasteiger partial charge in [0.05, 0.1) is 5.69 Å². The number of aromatic nitrogens is 2. The topological polar surface area (TPSA) is 71.8 Å². The Hall–Kier alpha value is -1.16. The van der Waals surface area contributed by atoms with E-state index in [2.05, 4.69) is 23.8 Å². The molecule has 0 unspecified atom stereocenters. The smallest absolute Gasteiger partial charge is 0.254 e. The second-order valence-electron chi connectivity index (χ2n) is 5.14. The van der Waals surface area contributed by atoms with E-state index in [1.807, 2.05) is 0 Å². The molecule has 1 aliphatic carbocycles. The first-order chi connectivity index (χ1) is 8.13. The molecule has 0 saturated heterocycles. The molecule has 1 aromatic rings. The molecule has 0 spiro atoms. The number of rotatable bonds is 5. The van der Waals surface area contributed by atoms with E-state index in [1.165, 1.54) is 0 Å². The van der Waals surface area contributed by atoms with Gasteiger partial charge in [0, 0.05) is 11.5 Å². The molecule has 1 saturated carbocycles. The van der Waals surface area contributed by atoms with Gasteiger partial charge in [-0.05, 0) is 38.1 Å². The zero-order valence-electron chi connectivity index (χ0n) is 10.6. The van der Waals surface area contributed by atoms with Gasteiger partial charge in [-0.3, -0.25) is 4.79 Å². The molecular weight excluding hydrogens is 214 g/mol. The van der Waals surface area contributed by atoms with Crippen LogP contribution in [0.25, 0.3) is 0 Å². The second kappa shape index (κ2) is 5.00. The highest BCUT2D eigenvalue weighted by Crippen LogP contribution is 2.38. The fourth-order valence-electron chi connectivity index (χ4n) is 2.08. The van der Waals surface area contributed by atoms with Gasteiger partial charge in [0.25, 0.3) is 5.56 Å². The molecule has 1 heterocycles. The lowest BCUT2D eigenvalue weighted by molar-refractivity contribution is 0.724. The highest BCUT2D eigenvalue weighted by molar-refractivity contribution is 5.23. The maximum absolute atomic E-state index is 12.1. The van der Waals surface area contributed by atoms with Crippen molar-refractivity contribution in [1.29, 1.82) is 0 Å². The van der Waals surface area contributed by atoms with E-state index in [9.17, 15) is 4.79 Å². The highest BCUT2D eigenvalue weighted by Gasteiger charge is 2.27. The quantitative estimate of drug-likeness (QED) is 0.815. The summed E-state index contributed by atoms with van der Waals surface area (Å²) < 4.78 is 0. The Bertz CT molecular complexity index is 446. The minimum atomic E-state index is 0.0408. The lowest BCUT2D eigenvalue weighted by Crippen LogP contribution is -2.21. The number of H-pyrrole nitrogens is 1. The van der Waals surface area contributed by atoms with E-state index in [1.54, 1.807) is 0 Å². The summed E-state index contributed by atoms with van der Waals surface area (Å²) in [6, 6.07) is 0. The Kier molecular flexibility index (Phi) is 3.62. The molecule has 4 heteroatoms. The summed E-state index contributed by atoms with van der Waals surface area (Å²) in [5.41, 5.74) is 7.34. The average Bonchev–Trinajstić information content (AvgIpc) is 3.10. The highest BCUT2D eigenvalue weighted by atomic mass is 16.1. The van der Waals surface area contributed by atoms with Gasteiger partial charge in [-0.15, -0.1) is 0 Å². The van der Waals surface area contributed by atoms with Gasteiger partial charge >= 0.3 is 0 Å². The molecule has 3 N–H and O–H groups in total. The third-order valence-corrected chi connectivity index (χ3v) is 3.21. The Morgan fingerprint density at radius 3 is 2.71 bits per heavy atom. The van der Waals surface area contributed by atoms with E-state index in [-0.39, 0.29) is 5.56 Å². The average molecular weight is 235 g/mol. The van der Waals surface area contributed by atoms with Gasteiger partial charge < -0.3 is 10.7 Å². The largest absolute Gasteiger partial charge is 0.330 e. The summed E-state index contributed by atoms with van der Waals surface area (Å²) in [7, 11) is 0. The van der Waals surface area contributed by atoms with Crippen LogP contribution in [0.5, 0.6) is 0 Å². The van der Waals surface area contributed by atoms with Crippen molar-refractivity contribution < 1.29 is 0 Å². The van der Waals surface area contributed by atoms with Crippen molar-refractivity contribution in [1.82, 2.24) is 9.97 Å². The molecule has 0 aromatic carbocycles. The first-order valence-electron chi connectivity index (χ1n) is 6.46. The Balaban J connectivity index is 2.38. The summed E-state index contributed by atoms with van der Waals surface area (Å²) >= 11 is 0. The number of hydrogen-bond donors (Lipinski definition) is 2. The van der Waals surface area contributed by atoms with Crippen molar-refractivity contribution in [3.63, 3.8) is 0 Å². The number of aromatic amines is 1. The van der Waals surface area contributed by atoms with Crippen LogP contribution in [0.15, 0.2) is 4.79 Å². The maximum Gasteiger partial charge on any atom is 0.254 e. The van der Waals surface area contributed by atoms with Crippen molar-refractivity contribution >= 4 is 0 Å². The van der Waals surface area contributed by atoms with Gasteiger partial charge in [0.1, 0.15) is 5.82 Å². The van der Waals surface area contributed by atoms with Crippen LogP contribution in [0, 0.1) is 0 Å². The van der Waals surface area contributed by atoms with Crippen LogP contribution in [0.2, 0.25) is 0 Å². The van der Waals surface area contributed by atoms with Gasteiger partial charge in [0.2, 0.25) is 0 Å². The van der Waals surface area contributed by atoms with Crippen molar-refractivity contribution in [2.45, 2.75) is 51.4 Å². The summed E-state index contributed by atoms with van der Waals surface area (Å²) in [6.45, 7) is 4.79. The van der Waals surface area contributed by atoms with Crippen molar-refractivity contribution in [3.05, 3.63) is 27.4 Å². The summed E-state index contributed by atoms with van der Waals surface area (Å²) in [6.07, 6.45) is 3.88. The summed E-state index contributed by atoms with van der Waals surface area (Å²) in [5.74, 6) is 1.67. The molecule has 17 heavy (non-hydrogen) atoms. The minimum Gasteiger partial charge on any atom is -0.330 e. The Morgan fingerprint density at radius 2 is 2.18 bits per heavy atom. The van der Waals surface area contributed by atoms with Crippen molar-refractivity contribution in [3.8, 4) is 0 Å². The van der Waals surface area contributed by atoms with E-state index in [0.29, 0.717) is 18.4 Å². The number of nitrogens with zero attached hydrogens (tertiary/aromatic N) is 1. The lowest BCUT2D eigenvalue weighted by Gasteiger charge is -2.12. The van der Waals surface area contributed by atoms with Gasteiger partial charge in [-0.25, -0.2) is 4.98 Å². The molecule has 2 rings (SSSR count). The maximum atomic E-state index is 12.1. The Morgan fingerprint density at radius 1 is 1.47 bits per heavy atom. The molecule has 0 bridgehead atoms. The summed E-state index contributed by atoms with van der Waals surface area (Å²) in [5, 5.41) is 0. The standard InChI is InChI=1S/C13H21N3O/c1-8(2)11-10(4-3-7-14)13(17)16-12(15-11)9-5-6-9/h8-9H,3-7,14H2,1-2H3,(H,15,16,17). The lowest BCUT2D eigenvalue weighted by atomic mass is 10.0. The van der Waals surface area contributed by atoms with Crippen LogP contribution < -0.4 is 11.3 Å². The predicted molar refractivity (Wildman–Crippen MR) is 68.3 cm³/mol. The number of hydrogen-bond acceptors (Lipinski definition) is 3. The van der Waals surface area contributed by atoms with Crippen molar-refractivity contribution in [2.75, 3.05) is 6.54 Å². The van der Waals surface area contributed by atoms with Crippen LogP contribution >= 0.6 is 0 Å². The zero-order valence-corrected chi connectivity index (χ0v) is 10.6. The van der Waals surface area contributed by atoms with E-state index in [0.717, 1.165) is 42.8 Å². The van der Waals surface area contributed by atoms with Crippen molar-refractivity contribution in [2.24, 2.45) is 5.73 Å². The van der Waals surface area contributed by atoms with Crippen LogP contribution in [-0.4, -0.2) is 16.5 Å². The SMILES string of the molecule is CC(C)c1nc(C2CC2)[nH]c(=O)c1CCCN. The predicted octanol–water partition coefficient (Wildman–Crippen LogP) is 1.66. The fourth-order valence-corrected chi connectivity index (χ4v) is 2.08. The molecule has 0 amide bonds. The number of nitrogens with two attached hydrogens (primary N) is 1. The second-order valence-corrected chi connectivity index (χ2v) is 5.14. The zero-order chi connectivity index (χ0) is 12.4. The van der Waals surface area contributed by atoms with Crippen LogP contribution in [0.4, 0.5) is 0 Å². The molecule has 1 aliphatic rings. The Labute approximate surface area is 102 Å². The van der Waals surface area contributed by atoms with Gasteiger partial charge in [0.15, 0.2) is 0 Å². The molecule has 1 fully saturated rings. The molecule has 4 nitrogen and oxygen atoms in total. The molecular formula is C13H21N3O. The third-order valence-electron chi connectivity index (χ3n) is 3.21. The molecule has 0 radical (unpaired) electrons. The van der Waals surface area contributed by atoms with Gasteiger partial charge in [-0.2, -0.15) is 0 Å². The van der Waals surface area contributed by atoms with E-state index < -0.39 is 0 Å². The normalized spacial score (nSPS) is 15.5. The monoisotopic (exact) mass is 235 g/mol. The summed E-state index contributed by atoms with van der Waals surface area (Å²) in [4.78, 5) is 19.7. The van der Waals surface area contributed by atoms with E-state index in [4.69, 9.17) is 5.73 Å². The van der Waals surface area contributed by atoms with Crippen LogP contribution in [0.1, 0.15) is 62.0 Å². The van der Waals surface area contributed by atoms with E-state index >= 15 is 0 Å².